The third-order valence-corrected chi connectivity index (χ3v) is 9.02. The molecule has 0 radical (unpaired) electrons. The zero-order chi connectivity index (χ0) is 27.1. The van der Waals surface area contributed by atoms with Gasteiger partial charge in [-0.15, -0.1) is 11.3 Å². The van der Waals surface area contributed by atoms with E-state index in [0.29, 0.717) is 18.1 Å². The first-order chi connectivity index (χ1) is 19.6. The van der Waals surface area contributed by atoms with Crippen molar-refractivity contribution in [3.05, 3.63) is 120 Å². The summed E-state index contributed by atoms with van der Waals surface area (Å²) in [5, 5.41) is 1.97. The Bertz CT molecular complexity index is 1790. The molecular formula is C33H27ClN4OS. The zero-order valence-electron chi connectivity index (χ0n) is 21.8. The second kappa shape index (κ2) is 10.5. The predicted molar refractivity (Wildman–Crippen MR) is 164 cm³/mol. The summed E-state index contributed by atoms with van der Waals surface area (Å²) >= 11 is 8.02. The fourth-order valence-electron chi connectivity index (χ4n) is 5.44. The molecule has 5 nitrogen and oxygen atoms in total. The Morgan fingerprint density at radius 2 is 1.55 bits per heavy atom. The van der Waals surface area contributed by atoms with Crippen molar-refractivity contribution in [1.29, 1.82) is 0 Å². The number of carbonyl (C=O) groups excluding carboxylic acids is 1. The van der Waals surface area contributed by atoms with E-state index in [-0.39, 0.29) is 5.91 Å². The molecule has 7 heteroatoms. The van der Waals surface area contributed by atoms with Gasteiger partial charge in [-0.2, -0.15) is 0 Å². The van der Waals surface area contributed by atoms with Crippen molar-refractivity contribution < 1.29 is 4.79 Å². The van der Waals surface area contributed by atoms with Crippen LogP contribution in [0.5, 0.6) is 0 Å². The van der Waals surface area contributed by atoms with Crippen LogP contribution in [0.4, 0.5) is 0 Å². The molecule has 1 fully saturated rings. The van der Waals surface area contributed by atoms with Crippen molar-refractivity contribution in [3.8, 4) is 21.7 Å². The van der Waals surface area contributed by atoms with Crippen LogP contribution in [-0.2, 0) is 6.54 Å². The Balaban J connectivity index is 1.21. The molecule has 0 unspecified atom stereocenters. The average Bonchev–Trinajstić information content (AvgIpc) is 3.60. The summed E-state index contributed by atoms with van der Waals surface area (Å²) in [5.41, 5.74) is 5.99. The molecule has 0 atom stereocenters. The van der Waals surface area contributed by atoms with Gasteiger partial charge in [0.2, 0.25) is 0 Å². The first kappa shape index (κ1) is 25.0. The molecule has 3 aromatic heterocycles. The maximum atomic E-state index is 13.0. The molecule has 0 spiro atoms. The molecule has 7 rings (SSSR count). The number of amides is 1. The van der Waals surface area contributed by atoms with Crippen molar-refractivity contribution in [3.63, 3.8) is 0 Å². The molecule has 1 aliphatic heterocycles. The molecule has 198 valence electrons. The van der Waals surface area contributed by atoms with Gasteiger partial charge in [0.25, 0.3) is 5.91 Å². The lowest BCUT2D eigenvalue weighted by Crippen LogP contribution is -2.48. The largest absolute Gasteiger partial charge is 0.336 e. The Morgan fingerprint density at radius 3 is 2.33 bits per heavy atom. The summed E-state index contributed by atoms with van der Waals surface area (Å²) in [6.07, 6.45) is 2.22. The zero-order valence-corrected chi connectivity index (χ0v) is 23.4. The predicted octanol–water partition coefficient (Wildman–Crippen LogP) is 7.49. The van der Waals surface area contributed by atoms with Crippen LogP contribution in [0, 0.1) is 0 Å². The number of piperazine rings is 1. The Hall–Kier alpha value is -3.97. The van der Waals surface area contributed by atoms with Gasteiger partial charge in [0, 0.05) is 70.2 Å². The molecule has 0 bridgehead atoms. The average molecular weight is 563 g/mol. The van der Waals surface area contributed by atoms with Crippen molar-refractivity contribution in [2.45, 2.75) is 6.54 Å². The number of rotatable bonds is 5. The number of hydrogen-bond donors (Lipinski definition) is 0. The van der Waals surface area contributed by atoms with Crippen LogP contribution in [-0.4, -0.2) is 51.3 Å². The van der Waals surface area contributed by atoms with Crippen molar-refractivity contribution in [2.75, 3.05) is 26.2 Å². The summed E-state index contributed by atoms with van der Waals surface area (Å²) in [6.45, 7) is 3.76. The van der Waals surface area contributed by atoms with E-state index in [0.717, 1.165) is 47.8 Å². The quantitative estimate of drug-likeness (QED) is 0.218. The van der Waals surface area contributed by atoms with Gasteiger partial charge in [0.1, 0.15) is 5.65 Å². The number of imidazole rings is 1. The Kier molecular flexibility index (Phi) is 6.60. The van der Waals surface area contributed by atoms with E-state index in [9.17, 15) is 4.79 Å². The van der Waals surface area contributed by atoms with Crippen LogP contribution in [0.2, 0.25) is 5.02 Å². The molecule has 4 heterocycles. The first-order valence-corrected chi connectivity index (χ1v) is 14.6. The van der Waals surface area contributed by atoms with Crippen molar-refractivity contribution in [1.82, 2.24) is 19.2 Å². The maximum Gasteiger partial charge on any atom is 0.253 e. The van der Waals surface area contributed by atoms with E-state index in [1.165, 1.54) is 20.5 Å². The summed E-state index contributed by atoms with van der Waals surface area (Å²) in [5.74, 6) is 0.102. The molecule has 1 amide bonds. The molecule has 3 aromatic carbocycles. The van der Waals surface area contributed by atoms with E-state index < -0.39 is 0 Å². The molecule has 0 N–H and O–H groups in total. The third kappa shape index (κ3) is 4.79. The van der Waals surface area contributed by atoms with Gasteiger partial charge in [-0.25, -0.2) is 4.98 Å². The van der Waals surface area contributed by atoms with Crippen molar-refractivity contribution >= 4 is 44.6 Å². The molecule has 1 aliphatic rings. The van der Waals surface area contributed by atoms with E-state index in [1.807, 2.05) is 70.8 Å². The van der Waals surface area contributed by atoms with E-state index in [2.05, 4.69) is 58.0 Å². The van der Waals surface area contributed by atoms with Crippen LogP contribution in [0.25, 0.3) is 37.4 Å². The fraction of sp³-hybridized carbons (Fsp3) is 0.152. The molecule has 1 saturated heterocycles. The molecule has 0 aliphatic carbocycles. The highest BCUT2D eigenvalue weighted by Crippen LogP contribution is 2.35. The minimum atomic E-state index is 0.102. The van der Waals surface area contributed by atoms with Crippen LogP contribution in [0.3, 0.4) is 0 Å². The lowest BCUT2D eigenvalue weighted by molar-refractivity contribution is 0.0627. The Morgan fingerprint density at radius 1 is 0.825 bits per heavy atom. The van der Waals surface area contributed by atoms with Crippen molar-refractivity contribution in [2.24, 2.45) is 0 Å². The van der Waals surface area contributed by atoms with Gasteiger partial charge in [-0.3, -0.25) is 9.69 Å². The summed E-state index contributed by atoms with van der Waals surface area (Å²) < 4.78 is 3.53. The van der Waals surface area contributed by atoms with Gasteiger partial charge in [-0.05, 0) is 53.9 Å². The third-order valence-electron chi connectivity index (χ3n) is 7.60. The lowest BCUT2D eigenvalue weighted by Gasteiger charge is -2.34. The fourth-order valence-corrected chi connectivity index (χ4v) is 6.62. The van der Waals surface area contributed by atoms with Gasteiger partial charge >= 0.3 is 0 Å². The number of benzene rings is 3. The molecule has 0 saturated carbocycles. The summed E-state index contributed by atoms with van der Waals surface area (Å²) in [4.78, 5) is 23.7. The van der Waals surface area contributed by atoms with Gasteiger partial charge < -0.3 is 9.30 Å². The number of hydrogen-bond acceptors (Lipinski definition) is 4. The highest BCUT2D eigenvalue weighted by Gasteiger charge is 2.24. The molecule has 6 aromatic rings. The molecular weight excluding hydrogens is 536 g/mol. The topological polar surface area (TPSA) is 40.9 Å². The van der Waals surface area contributed by atoms with Crippen LogP contribution >= 0.6 is 22.9 Å². The number of nitrogens with zero attached hydrogens (tertiary/aromatic N) is 4. The minimum absolute atomic E-state index is 0.102. The van der Waals surface area contributed by atoms with Gasteiger partial charge in [0.15, 0.2) is 0 Å². The number of pyridine rings is 1. The lowest BCUT2D eigenvalue weighted by atomic mass is 10.1. The van der Waals surface area contributed by atoms with E-state index >= 15 is 0 Å². The van der Waals surface area contributed by atoms with Crippen LogP contribution < -0.4 is 0 Å². The number of fused-ring (bicyclic) bond motifs is 2. The highest BCUT2D eigenvalue weighted by molar-refractivity contribution is 7.22. The first-order valence-electron chi connectivity index (χ1n) is 13.4. The number of thiophene rings is 1. The monoisotopic (exact) mass is 562 g/mol. The van der Waals surface area contributed by atoms with Crippen LogP contribution in [0.15, 0.2) is 103 Å². The SMILES string of the molecule is O=C(c1ccccc1)N1CCN(Cc2c(-c3ccc(Cl)cc3)nc3ccc(-c4cc5ccccc5s4)cn23)CC1. The van der Waals surface area contributed by atoms with Gasteiger partial charge in [-0.1, -0.05) is 60.1 Å². The van der Waals surface area contributed by atoms with E-state index in [1.54, 1.807) is 0 Å². The highest BCUT2D eigenvalue weighted by atomic mass is 35.5. The maximum absolute atomic E-state index is 13.0. The smallest absolute Gasteiger partial charge is 0.253 e. The van der Waals surface area contributed by atoms with Crippen LogP contribution in [0.1, 0.15) is 16.1 Å². The Labute approximate surface area is 241 Å². The summed E-state index contributed by atoms with van der Waals surface area (Å²) in [7, 11) is 0. The number of halogens is 1. The van der Waals surface area contributed by atoms with Gasteiger partial charge in [0.05, 0.1) is 11.4 Å². The second-order valence-corrected chi connectivity index (χ2v) is 11.7. The standard InChI is InChI=1S/C33H27ClN4OS/c34-27-13-10-23(11-14-27)32-28(22-36-16-18-37(19-17-36)33(39)24-6-2-1-3-7-24)38-21-26(12-15-31(38)35-32)30-20-25-8-4-5-9-29(25)40-30/h1-15,20-21H,16-19,22H2. The minimum Gasteiger partial charge on any atom is -0.336 e. The normalized spacial score (nSPS) is 14.3. The summed E-state index contributed by atoms with van der Waals surface area (Å²) in [6, 6.07) is 32.5. The second-order valence-electron chi connectivity index (χ2n) is 10.1. The molecule has 40 heavy (non-hydrogen) atoms. The number of carbonyl (C=O) groups is 1. The number of aromatic nitrogens is 2. The van der Waals surface area contributed by atoms with E-state index in [4.69, 9.17) is 16.6 Å².